The van der Waals surface area contributed by atoms with Crippen LogP contribution in [0.3, 0.4) is 0 Å². The SMILES string of the molecule is Cc1nc(-c2cc(C)n(CC(=O)N3CCCC3Cc3ccccc3)c2C)cs1. The number of hydrogen-bond donors (Lipinski definition) is 0. The summed E-state index contributed by atoms with van der Waals surface area (Å²) in [5.41, 5.74) is 5.69. The smallest absolute Gasteiger partial charge is 0.242 e. The fourth-order valence-corrected chi connectivity index (χ4v) is 4.89. The number of likely N-dealkylation sites (tertiary alicyclic amines) is 1. The van der Waals surface area contributed by atoms with E-state index in [2.05, 4.69) is 64.0 Å². The van der Waals surface area contributed by atoms with Crippen LogP contribution in [-0.2, 0) is 17.8 Å². The first-order valence-corrected chi connectivity index (χ1v) is 10.8. The van der Waals surface area contributed by atoms with Crippen molar-refractivity contribution in [2.24, 2.45) is 0 Å². The number of aromatic nitrogens is 2. The molecule has 0 spiro atoms. The summed E-state index contributed by atoms with van der Waals surface area (Å²) in [4.78, 5) is 19.9. The molecule has 146 valence electrons. The van der Waals surface area contributed by atoms with Crippen molar-refractivity contribution >= 4 is 17.2 Å². The van der Waals surface area contributed by atoms with Crippen molar-refractivity contribution in [2.45, 2.75) is 52.6 Å². The summed E-state index contributed by atoms with van der Waals surface area (Å²) in [6.07, 6.45) is 3.13. The summed E-state index contributed by atoms with van der Waals surface area (Å²) in [6, 6.07) is 13.0. The monoisotopic (exact) mass is 393 g/mol. The molecule has 28 heavy (non-hydrogen) atoms. The second kappa shape index (κ2) is 7.92. The molecule has 1 atom stereocenters. The Hall–Kier alpha value is -2.40. The molecule has 4 rings (SSSR count). The predicted molar refractivity (Wildman–Crippen MR) is 115 cm³/mol. The van der Waals surface area contributed by atoms with Gasteiger partial charge < -0.3 is 9.47 Å². The average Bonchev–Trinajstić information content (AvgIpc) is 3.38. The highest BCUT2D eigenvalue weighted by Gasteiger charge is 2.29. The summed E-state index contributed by atoms with van der Waals surface area (Å²) in [5.74, 6) is 0.223. The number of amides is 1. The maximum atomic E-state index is 13.2. The van der Waals surface area contributed by atoms with E-state index in [0.717, 1.165) is 53.5 Å². The van der Waals surface area contributed by atoms with Gasteiger partial charge in [-0.1, -0.05) is 30.3 Å². The number of benzene rings is 1. The van der Waals surface area contributed by atoms with Gasteiger partial charge in [-0.25, -0.2) is 4.98 Å². The number of carbonyl (C=O) groups excluding carboxylic acids is 1. The van der Waals surface area contributed by atoms with Gasteiger partial charge in [0.2, 0.25) is 5.91 Å². The second-order valence-electron chi connectivity index (χ2n) is 7.70. The third kappa shape index (κ3) is 3.76. The van der Waals surface area contributed by atoms with Crippen molar-refractivity contribution in [2.75, 3.05) is 6.54 Å². The van der Waals surface area contributed by atoms with Gasteiger partial charge in [-0.05, 0) is 51.7 Å². The topological polar surface area (TPSA) is 38.1 Å². The summed E-state index contributed by atoms with van der Waals surface area (Å²) < 4.78 is 2.14. The fraction of sp³-hybridized carbons (Fsp3) is 0.391. The van der Waals surface area contributed by atoms with E-state index >= 15 is 0 Å². The molecule has 1 aliphatic rings. The Kier molecular flexibility index (Phi) is 5.36. The lowest BCUT2D eigenvalue weighted by Gasteiger charge is -2.26. The molecule has 0 N–H and O–H groups in total. The Balaban J connectivity index is 1.51. The molecule has 5 heteroatoms. The lowest BCUT2D eigenvalue weighted by Crippen LogP contribution is -2.39. The molecule has 1 unspecified atom stereocenters. The van der Waals surface area contributed by atoms with Crippen molar-refractivity contribution in [1.29, 1.82) is 0 Å². The zero-order valence-corrected chi connectivity index (χ0v) is 17.6. The van der Waals surface area contributed by atoms with E-state index in [1.54, 1.807) is 11.3 Å². The lowest BCUT2D eigenvalue weighted by atomic mass is 10.0. The van der Waals surface area contributed by atoms with Gasteiger partial charge in [0.05, 0.1) is 10.7 Å². The highest BCUT2D eigenvalue weighted by atomic mass is 32.1. The second-order valence-corrected chi connectivity index (χ2v) is 8.76. The molecule has 0 saturated carbocycles. The average molecular weight is 394 g/mol. The van der Waals surface area contributed by atoms with Crippen LogP contribution in [0.2, 0.25) is 0 Å². The molecule has 4 nitrogen and oxygen atoms in total. The Morgan fingerprint density at radius 1 is 1.21 bits per heavy atom. The number of hydrogen-bond acceptors (Lipinski definition) is 3. The molecule has 3 heterocycles. The van der Waals surface area contributed by atoms with Crippen molar-refractivity contribution in [3.05, 3.63) is 63.7 Å². The van der Waals surface area contributed by atoms with Crippen LogP contribution in [0.15, 0.2) is 41.8 Å². The quantitative estimate of drug-likeness (QED) is 0.626. The van der Waals surface area contributed by atoms with Gasteiger partial charge in [0.25, 0.3) is 0 Å². The van der Waals surface area contributed by atoms with Crippen molar-refractivity contribution in [1.82, 2.24) is 14.5 Å². The van der Waals surface area contributed by atoms with Crippen molar-refractivity contribution < 1.29 is 4.79 Å². The maximum absolute atomic E-state index is 13.2. The molecular formula is C23H27N3OS. The summed E-state index contributed by atoms with van der Waals surface area (Å²) in [6.45, 7) is 7.47. The minimum atomic E-state index is 0.223. The van der Waals surface area contributed by atoms with Gasteiger partial charge in [0.1, 0.15) is 6.54 Å². The van der Waals surface area contributed by atoms with Crippen LogP contribution in [-0.4, -0.2) is 32.9 Å². The zero-order chi connectivity index (χ0) is 19.7. The normalized spacial score (nSPS) is 16.7. The molecule has 0 aliphatic carbocycles. The van der Waals surface area contributed by atoms with Crippen LogP contribution >= 0.6 is 11.3 Å². The van der Waals surface area contributed by atoms with E-state index < -0.39 is 0 Å². The molecule has 1 saturated heterocycles. The third-order valence-corrected chi connectivity index (χ3v) is 6.55. The van der Waals surface area contributed by atoms with Crippen LogP contribution in [0.4, 0.5) is 0 Å². The molecule has 1 amide bonds. The summed E-state index contributed by atoms with van der Waals surface area (Å²) in [5, 5.41) is 3.16. The minimum absolute atomic E-state index is 0.223. The molecule has 1 aliphatic heterocycles. The number of carbonyl (C=O) groups is 1. The van der Waals surface area contributed by atoms with Gasteiger partial charge in [-0.3, -0.25) is 4.79 Å². The number of nitrogens with zero attached hydrogens (tertiary/aromatic N) is 3. The van der Waals surface area contributed by atoms with E-state index in [0.29, 0.717) is 12.6 Å². The van der Waals surface area contributed by atoms with Gasteiger partial charge in [-0.15, -0.1) is 11.3 Å². The Morgan fingerprint density at radius 2 is 2.00 bits per heavy atom. The largest absolute Gasteiger partial charge is 0.339 e. The molecule has 1 fully saturated rings. The molecule has 2 aromatic heterocycles. The maximum Gasteiger partial charge on any atom is 0.242 e. The fourth-order valence-electron chi connectivity index (χ4n) is 4.28. The van der Waals surface area contributed by atoms with Gasteiger partial charge in [0, 0.05) is 34.9 Å². The van der Waals surface area contributed by atoms with E-state index in [1.807, 2.05) is 13.0 Å². The molecule has 0 bridgehead atoms. The van der Waals surface area contributed by atoms with Crippen LogP contribution in [0.5, 0.6) is 0 Å². The first kappa shape index (κ1) is 18.9. The standard InChI is InChI=1S/C23H27N3OS/c1-16-12-21(22-15-28-18(3)24-22)17(2)26(16)14-23(27)25-11-7-10-20(25)13-19-8-5-4-6-9-19/h4-6,8-9,12,15,20H,7,10-11,13-14H2,1-3H3. The third-order valence-electron chi connectivity index (χ3n) is 5.77. The Labute approximate surface area is 170 Å². The van der Waals surface area contributed by atoms with E-state index in [-0.39, 0.29) is 5.91 Å². The number of aryl methyl sites for hydroxylation is 2. The van der Waals surface area contributed by atoms with Gasteiger partial charge in [-0.2, -0.15) is 0 Å². The van der Waals surface area contributed by atoms with Crippen molar-refractivity contribution in [3.63, 3.8) is 0 Å². The highest BCUT2D eigenvalue weighted by Crippen LogP contribution is 2.29. The van der Waals surface area contributed by atoms with E-state index in [4.69, 9.17) is 0 Å². The van der Waals surface area contributed by atoms with E-state index in [1.165, 1.54) is 5.56 Å². The van der Waals surface area contributed by atoms with Crippen LogP contribution < -0.4 is 0 Å². The predicted octanol–water partition coefficient (Wildman–Crippen LogP) is 4.77. The Morgan fingerprint density at radius 3 is 2.71 bits per heavy atom. The summed E-state index contributed by atoms with van der Waals surface area (Å²) in [7, 11) is 0. The lowest BCUT2D eigenvalue weighted by molar-refractivity contribution is -0.132. The zero-order valence-electron chi connectivity index (χ0n) is 16.8. The van der Waals surface area contributed by atoms with Crippen LogP contribution in [0.25, 0.3) is 11.3 Å². The highest BCUT2D eigenvalue weighted by molar-refractivity contribution is 7.09. The van der Waals surface area contributed by atoms with Crippen LogP contribution in [0, 0.1) is 20.8 Å². The molecule has 1 aromatic carbocycles. The number of thiazole rings is 1. The number of rotatable bonds is 5. The van der Waals surface area contributed by atoms with Gasteiger partial charge >= 0.3 is 0 Å². The first-order valence-electron chi connectivity index (χ1n) is 9.95. The van der Waals surface area contributed by atoms with E-state index in [9.17, 15) is 4.79 Å². The molecule has 0 radical (unpaired) electrons. The Bertz CT molecular complexity index is 973. The first-order chi connectivity index (χ1) is 13.5. The molecule has 3 aromatic rings. The van der Waals surface area contributed by atoms with Crippen LogP contribution in [0.1, 0.15) is 34.8 Å². The minimum Gasteiger partial charge on any atom is -0.339 e. The van der Waals surface area contributed by atoms with Gasteiger partial charge in [0.15, 0.2) is 0 Å². The van der Waals surface area contributed by atoms with Crippen molar-refractivity contribution in [3.8, 4) is 11.3 Å². The summed E-state index contributed by atoms with van der Waals surface area (Å²) >= 11 is 1.66. The molecular weight excluding hydrogens is 366 g/mol.